The van der Waals surface area contributed by atoms with Crippen molar-refractivity contribution in [2.24, 2.45) is 0 Å². The number of aliphatic hydroxyl groups excluding tert-OH is 1. The average molecular weight is 685 g/mol. The van der Waals surface area contributed by atoms with Crippen LogP contribution in [0.3, 0.4) is 0 Å². The molecule has 1 aliphatic rings. The molecule has 3 atom stereocenters. The van der Waals surface area contributed by atoms with Crippen LogP contribution >= 0.6 is 11.8 Å². The van der Waals surface area contributed by atoms with E-state index in [1.54, 1.807) is 24.4 Å². The highest BCUT2D eigenvalue weighted by Gasteiger charge is 2.32. The van der Waals surface area contributed by atoms with Crippen LogP contribution in [0.1, 0.15) is 73.2 Å². The molecule has 1 aliphatic heterocycles. The fourth-order valence-electron chi connectivity index (χ4n) is 5.76. The van der Waals surface area contributed by atoms with Crippen molar-refractivity contribution in [3.63, 3.8) is 0 Å². The van der Waals surface area contributed by atoms with Crippen molar-refractivity contribution in [1.29, 1.82) is 0 Å². The molecule has 4 N–H and O–H groups in total. The highest BCUT2D eigenvalue weighted by Crippen LogP contribution is 2.41. The first kappa shape index (κ1) is 36.1. The molecular formula is C39H44N2O7S. The van der Waals surface area contributed by atoms with E-state index >= 15 is 0 Å². The number of hydrogen-bond acceptors (Lipinski definition) is 8. The molecule has 1 saturated heterocycles. The average Bonchev–Trinajstić information content (AvgIpc) is 3.16. The Hall–Kier alpha value is -4.19. The van der Waals surface area contributed by atoms with Gasteiger partial charge in [-0.05, 0) is 64.9 Å². The number of hydrogen-bond donors (Lipinski definition) is 4. The summed E-state index contributed by atoms with van der Waals surface area (Å²) in [7, 11) is 1.68. The zero-order chi connectivity index (χ0) is 34.4. The van der Waals surface area contributed by atoms with Crippen LogP contribution in [-0.2, 0) is 32.2 Å². The summed E-state index contributed by atoms with van der Waals surface area (Å²) in [5, 5.41) is 21.1. The Kier molecular flexibility index (Phi) is 13.7. The lowest BCUT2D eigenvalue weighted by Gasteiger charge is -2.36. The fourth-order valence-corrected chi connectivity index (χ4v) is 6.81. The van der Waals surface area contributed by atoms with E-state index in [0.717, 1.165) is 56.2 Å². The lowest BCUT2D eigenvalue weighted by atomic mass is 9.99. The number of para-hydroxylation sites is 1. The molecule has 4 aromatic rings. The number of methoxy groups -OCH3 is 1. The number of benzene rings is 4. The van der Waals surface area contributed by atoms with Crippen molar-refractivity contribution in [1.82, 2.24) is 10.8 Å². The van der Waals surface area contributed by atoms with E-state index in [4.69, 9.17) is 19.4 Å². The number of hydroxylamine groups is 1. The van der Waals surface area contributed by atoms with Gasteiger partial charge >= 0.3 is 0 Å². The largest absolute Gasteiger partial charge is 0.496 e. The molecule has 10 heteroatoms. The third kappa shape index (κ3) is 10.6. The molecule has 49 heavy (non-hydrogen) atoms. The summed E-state index contributed by atoms with van der Waals surface area (Å²) in [5.74, 6) is 1.11. The number of carbonyl (C=O) groups excluding carboxylic acids is 2. The molecule has 0 aliphatic carbocycles. The van der Waals surface area contributed by atoms with E-state index in [9.17, 15) is 14.7 Å². The first-order chi connectivity index (χ1) is 23.9. The lowest BCUT2D eigenvalue weighted by molar-refractivity contribution is -0.245. The number of ether oxygens (including phenoxy) is 3. The zero-order valence-electron chi connectivity index (χ0n) is 27.7. The van der Waals surface area contributed by atoms with Crippen LogP contribution in [0.2, 0.25) is 0 Å². The molecule has 2 amide bonds. The minimum absolute atomic E-state index is 0.00880. The van der Waals surface area contributed by atoms with Gasteiger partial charge in [-0.2, -0.15) is 0 Å². The minimum atomic E-state index is -0.583. The van der Waals surface area contributed by atoms with E-state index in [1.165, 1.54) is 0 Å². The second-order valence-corrected chi connectivity index (χ2v) is 13.1. The summed E-state index contributed by atoms with van der Waals surface area (Å²) in [4.78, 5) is 24.6. The summed E-state index contributed by atoms with van der Waals surface area (Å²) in [6.45, 7) is 0.404. The van der Waals surface area contributed by atoms with Crippen molar-refractivity contribution >= 4 is 23.6 Å². The van der Waals surface area contributed by atoms with Crippen molar-refractivity contribution < 1.29 is 34.1 Å². The molecule has 0 bridgehead atoms. The topological polar surface area (TPSA) is 126 Å². The standard InChI is InChI=1S/C39H44N2O7S/c1-46-34-13-5-6-14-36(34)49-26-33-23-35(29-19-17-27(25-42)18-20-29)48-39(47-33)32-12-8-11-31(22-32)30-10-7-9-28(21-30)24-40-37(43)15-3-2-4-16-38(44)41-45/h5-14,17-22,33,35,39,42,45H,2-4,15-16,23-26H2,1H3,(H,40,43)(H,41,44)/t33-,35+,39+/m1/s1. The van der Waals surface area contributed by atoms with Crippen molar-refractivity contribution in [2.45, 2.75) is 75.1 Å². The number of amides is 2. The Bertz CT molecular complexity index is 1670. The Morgan fingerprint density at radius 3 is 2.31 bits per heavy atom. The Morgan fingerprint density at radius 1 is 0.816 bits per heavy atom. The van der Waals surface area contributed by atoms with Gasteiger partial charge in [-0.25, -0.2) is 5.48 Å². The number of carbonyl (C=O) groups is 2. The van der Waals surface area contributed by atoms with E-state index < -0.39 is 12.2 Å². The summed E-state index contributed by atoms with van der Waals surface area (Å²) >= 11 is 1.70. The highest BCUT2D eigenvalue weighted by molar-refractivity contribution is 7.99. The first-order valence-electron chi connectivity index (χ1n) is 16.6. The predicted octanol–water partition coefficient (Wildman–Crippen LogP) is 7.26. The van der Waals surface area contributed by atoms with Crippen LogP contribution in [0.5, 0.6) is 5.75 Å². The maximum Gasteiger partial charge on any atom is 0.243 e. The number of aliphatic hydroxyl groups is 1. The highest BCUT2D eigenvalue weighted by atomic mass is 32.2. The predicted molar refractivity (Wildman–Crippen MR) is 189 cm³/mol. The Labute approximate surface area is 292 Å². The molecule has 0 aromatic heterocycles. The van der Waals surface area contributed by atoms with Gasteiger partial charge in [0.2, 0.25) is 11.8 Å². The van der Waals surface area contributed by atoms with Crippen molar-refractivity contribution in [3.8, 4) is 16.9 Å². The van der Waals surface area contributed by atoms with Crippen LogP contribution in [0.25, 0.3) is 11.1 Å². The molecule has 0 unspecified atom stereocenters. The Morgan fingerprint density at radius 2 is 1.55 bits per heavy atom. The summed E-state index contributed by atoms with van der Waals surface area (Å²) in [5.41, 5.74) is 7.45. The van der Waals surface area contributed by atoms with E-state index in [1.807, 2.05) is 72.8 Å². The van der Waals surface area contributed by atoms with Crippen LogP contribution < -0.4 is 15.5 Å². The smallest absolute Gasteiger partial charge is 0.243 e. The maximum absolute atomic E-state index is 12.4. The minimum Gasteiger partial charge on any atom is -0.496 e. The molecular weight excluding hydrogens is 641 g/mol. The number of unbranched alkanes of at least 4 members (excludes halogenated alkanes) is 2. The van der Waals surface area contributed by atoms with Crippen molar-refractivity contribution in [3.05, 3.63) is 119 Å². The number of rotatable bonds is 16. The summed E-state index contributed by atoms with van der Waals surface area (Å²) < 4.78 is 18.8. The van der Waals surface area contributed by atoms with Gasteiger partial charge < -0.3 is 24.6 Å². The van der Waals surface area contributed by atoms with Crippen LogP contribution in [-0.4, -0.2) is 41.1 Å². The number of thioether (sulfide) groups is 1. The molecule has 0 spiro atoms. The molecule has 0 radical (unpaired) electrons. The van der Waals surface area contributed by atoms with Gasteiger partial charge in [0.1, 0.15) is 5.75 Å². The fraction of sp³-hybridized carbons (Fsp3) is 0.333. The molecule has 258 valence electrons. The molecule has 5 rings (SSSR count). The molecule has 9 nitrogen and oxygen atoms in total. The van der Waals surface area contributed by atoms with Gasteiger partial charge in [0, 0.05) is 42.0 Å². The first-order valence-corrected chi connectivity index (χ1v) is 17.6. The third-order valence-electron chi connectivity index (χ3n) is 8.45. The van der Waals surface area contributed by atoms with Gasteiger partial charge in [0.05, 0.1) is 25.9 Å². The maximum atomic E-state index is 12.4. The van der Waals surface area contributed by atoms with Gasteiger partial charge in [-0.1, -0.05) is 79.2 Å². The summed E-state index contributed by atoms with van der Waals surface area (Å²) in [6, 6.07) is 32.2. The van der Waals surface area contributed by atoms with Crippen LogP contribution in [0.4, 0.5) is 0 Å². The third-order valence-corrected chi connectivity index (χ3v) is 9.64. The second kappa shape index (κ2) is 18.5. The SMILES string of the molecule is COc1ccccc1SC[C@H]1C[C@@H](c2ccc(CO)cc2)O[C@@H](c2cccc(-c3cccc(CNC(=O)CCCCCC(=O)NO)c3)c2)O1. The lowest BCUT2D eigenvalue weighted by Crippen LogP contribution is -2.31. The number of nitrogens with one attached hydrogen (secondary N) is 2. The van der Waals surface area contributed by atoms with Gasteiger partial charge in [0.15, 0.2) is 6.29 Å². The van der Waals surface area contributed by atoms with Crippen LogP contribution in [0, 0.1) is 0 Å². The zero-order valence-corrected chi connectivity index (χ0v) is 28.5. The molecule has 1 fully saturated rings. The van der Waals surface area contributed by atoms with Crippen LogP contribution in [0.15, 0.2) is 102 Å². The summed E-state index contributed by atoms with van der Waals surface area (Å²) in [6.07, 6.45) is 2.49. The van der Waals surface area contributed by atoms with Gasteiger partial charge in [0.25, 0.3) is 0 Å². The quantitative estimate of drug-likeness (QED) is 0.0421. The van der Waals surface area contributed by atoms with E-state index in [2.05, 4.69) is 29.6 Å². The normalized spacial score (nSPS) is 17.3. The Balaban J connectivity index is 1.25. The van der Waals surface area contributed by atoms with Gasteiger partial charge in [-0.3, -0.25) is 14.8 Å². The van der Waals surface area contributed by atoms with Gasteiger partial charge in [-0.15, -0.1) is 11.8 Å². The monoisotopic (exact) mass is 684 g/mol. The molecule has 1 heterocycles. The molecule has 0 saturated carbocycles. The van der Waals surface area contributed by atoms with E-state index in [0.29, 0.717) is 32.2 Å². The molecule has 4 aromatic carbocycles. The van der Waals surface area contributed by atoms with Crippen molar-refractivity contribution in [2.75, 3.05) is 12.9 Å². The second-order valence-electron chi connectivity index (χ2n) is 12.0. The van der Waals surface area contributed by atoms with E-state index in [-0.39, 0.29) is 31.1 Å².